The lowest BCUT2D eigenvalue weighted by molar-refractivity contribution is -0.328. The number of rotatable bonds is 2. The van der Waals surface area contributed by atoms with Gasteiger partial charge in [0.15, 0.2) is 0 Å². The number of aliphatic hydroxyl groups is 2. The third kappa shape index (κ3) is 1.77. The minimum Gasteiger partial charge on any atom is -0.394 e. The molecule has 2 rings (SSSR count). The van der Waals surface area contributed by atoms with E-state index in [4.69, 9.17) is 29.2 Å². The molecule has 4 atom stereocenters. The predicted octanol–water partition coefficient (Wildman–Crippen LogP) is -1.55. The van der Waals surface area contributed by atoms with E-state index >= 15 is 0 Å². The summed E-state index contributed by atoms with van der Waals surface area (Å²) in [6.07, 6.45) is -1.52. The Bertz CT molecular complexity index is 167. The summed E-state index contributed by atoms with van der Waals surface area (Å²) >= 11 is 0. The quantitative estimate of drug-likeness (QED) is 0.570. The number of aliphatic hydroxyl groups excluding tert-OH is 2. The normalized spacial score (nSPS) is 43.3. The predicted molar refractivity (Wildman–Crippen MR) is 43.4 cm³/mol. The molecule has 82 valence electrons. The Morgan fingerprint density at radius 1 is 0.786 bits per heavy atom. The van der Waals surface area contributed by atoms with Gasteiger partial charge in [-0.15, -0.1) is 0 Å². The molecule has 14 heavy (non-hydrogen) atoms. The zero-order valence-electron chi connectivity index (χ0n) is 7.67. The first-order chi connectivity index (χ1) is 6.86. The highest BCUT2D eigenvalue weighted by atomic mass is 16.8. The van der Waals surface area contributed by atoms with Gasteiger partial charge in [-0.1, -0.05) is 0 Å². The second kappa shape index (κ2) is 4.52. The lowest BCUT2D eigenvalue weighted by Gasteiger charge is -2.43. The summed E-state index contributed by atoms with van der Waals surface area (Å²) in [6.45, 7) is -0.0590. The van der Waals surface area contributed by atoms with Crippen molar-refractivity contribution in [2.75, 3.05) is 26.8 Å². The fourth-order valence-electron chi connectivity index (χ4n) is 1.74. The van der Waals surface area contributed by atoms with Gasteiger partial charge in [-0.25, -0.2) is 0 Å². The van der Waals surface area contributed by atoms with Crippen LogP contribution in [0.5, 0.6) is 0 Å². The van der Waals surface area contributed by atoms with Crippen molar-refractivity contribution in [2.45, 2.75) is 24.4 Å². The van der Waals surface area contributed by atoms with Crippen LogP contribution in [0.3, 0.4) is 0 Å². The molecule has 0 bridgehead atoms. The number of fused-ring (bicyclic) bond motifs is 1. The molecular weight excluding hydrogens is 192 g/mol. The Morgan fingerprint density at radius 3 is 1.57 bits per heavy atom. The average molecular weight is 206 g/mol. The molecule has 0 amide bonds. The third-order valence-corrected chi connectivity index (χ3v) is 2.50. The first-order valence-electron chi connectivity index (χ1n) is 4.55. The summed E-state index contributed by atoms with van der Waals surface area (Å²) in [6, 6.07) is 0. The van der Waals surface area contributed by atoms with E-state index in [2.05, 4.69) is 0 Å². The molecule has 6 heteroatoms. The monoisotopic (exact) mass is 206 g/mol. The highest BCUT2D eigenvalue weighted by Gasteiger charge is 2.43. The molecule has 0 aliphatic carbocycles. The molecule has 0 unspecified atom stereocenters. The molecular formula is C8H14O6. The maximum Gasteiger partial charge on any atom is 0.147 e. The smallest absolute Gasteiger partial charge is 0.147 e. The van der Waals surface area contributed by atoms with Gasteiger partial charge in [-0.2, -0.15) is 0 Å². The van der Waals surface area contributed by atoms with Crippen molar-refractivity contribution in [3.05, 3.63) is 0 Å². The summed E-state index contributed by atoms with van der Waals surface area (Å²) in [5.74, 6) is 0. The van der Waals surface area contributed by atoms with Gasteiger partial charge < -0.3 is 29.2 Å². The molecule has 2 aliphatic rings. The van der Waals surface area contributed by atoms with Gasteiger partial charge in [0.05, 0.1) is 13.2 Å². The van der Waals surface area contributed by atoms with E-state index in [-0.39, 0.29) is 39.0 Å². The lowest BCUT2D eigenvalue weighted by atomic mass is 10.0. The highest BCUT2D eigenvalue weighted by Crippen LogP contribution is 2.25. The molecule has 0 aromatic heterocycles. The van der Waals surface area contributed by atoms with Crippen LogP contribution in [-0.4, -0.2) is 61.4 Å². The Kier molecular flexibility index (Phi) is 3.32. The van der Waals surface area contributed by atoms with Crippen LogP contribution < -0.4 is 0 Å². The van der Waals surface area contributed by atoms with Gasteiger partial charge in [-0.05, 0) is 0 Å². The largest absolute Gasteiger partial charge is 0.394 e. The fourth-order valence-corrected chi connectivity index (χ4v) is 1.74. The average Bonchev–Trinajstić information content (AvgIpc) is 2.27. The minimum absolute atomic E-state index is 0.0929. The van der Waals surface area contributed by atoms with E-state index in [9.17, 15) is 0 Å². The first kappa shape index (κ1) is 10.3. The standard InChI is InChI=1S/C8H14O6/c9-1-5-7-8(14-3-11-5)6(2-10)12-4-13-7/h5-10H,1-4H2/t5-,6-,7-,8+/m0/s1. The van der Waals surface area contributed by atoms with Crippen LogP contribution in [0.25, 0.3) is 0 Å². The molecule has 6 nitrogen and oxygen atoms in total. The van der Waals surface area contributed by atoms with Crippen LogP contribution >= 0.6 is 0 Å². The maximum atomic E-state index is 9.03. The van der Waals surface area contributed by atoms with Crippen LogP contribution in [0.4, 0.5) is 0 Å². The maximum absolute atomic E-state index is 9.03. The topological polar surface area (TPSA) is 77.4 Å². The molecule has 2 aliphatic heterocycles. The lowest BCUT2D eigenvalue weighted by Crippen LogP contribution is -2.58. The van der Waals surface area contributed by atoms with Gasteiger partial charge in [0.25, 0.3) is 0 Å². The van der Waals surface area contributed by atoms with Crippen molar-refractivity contribution in [3.8, 4) is 0 Å². The minimum atomic E-state index is -0.397. The van der Waals surface area contributed by atoms with Crippen molar-refractivity contribution in [2.24, 2.45) is 0 Å². The van der Waals surface area contributed by atoms with Crippen LogP contribution in [0, 0.1) is 0 Å². The molecule has 0 radical (unpaired) electrons. The molecule has 0 spiro atoms. The van der Waals surface area contributed by atoms with Gasteiger partial charge in [0.2, 0.25) is 0 Å². The van der Waals surface area contributed by atoms with Crippen molar-refractivity contribution >= 4 is 0 Å². The van der Waals surface area contributed by atoms with Crippen molar-refractivity contribution in [1.82, 2.24) is 0 Å². The van der Waals surface area contributed by atoms with E-state index in [1.165, 1.54) is 0 Å². The van der Waals surface area contributed by atoms with E-state index in [1.807, 2.05) is 0 Å². The number of ether oxygens (including phenoxy) is 4. The summed E-state index contributed by atoms with van der Waals surface area (Å²) in [4.78, 5) is 0. The van der Waals surface area contributed by atoms with Crippen molar-refractivity contribution in [1.29, 1.82) is 0 Å². The molecule has 2 fully saturated rings. The van der Waals surface area contributed by atoms with E-state index < -0.39 is 12.2 Å². The van der Waals surface area contributed by atoms with Crippen LogP contribution in [0.1, 0.15) is 0 Å². The van der Waals surface area contributed by atoms with E-state index in [1.54, 1.807) is 0 Å². The Balaban J connectivity index is 2.04. The zero-order valence-corrected chi connectivity index (χ0v) is 7.67. The third-order valence-electron chi connectivity index (χ3n) is 2.50. The summed E-state index contributed by atoms with van der Waals surface area (Å²) < 4.78 is 20.9. The second-order valence-electron chi connectivity index (χ2n) is 3.27. The first-order valence-corrected chi connectivity index (χ1v) is 4.55. The molecule has 2 heterocycles. The van der Waals surface area contributed by atoms with Crippen LogP contribution in [0.15, 0.2) is 0 Å². The van der Waals surface area contributed by atoms with Crippen molar-refractivity contribution < 1.29 is 29.2 Å². The van der Waals surface area contributed by atoms with Gasteiger partial charge in [0.1, 0.15) is 38.0 Å². The van der Waals surface area contributed by atoms with Gasteiger partial charge >= 0.3 is 0 Å². The van der Waals surface area contributed by atoms with Gasteiger partial charge in [0, 0.05) is 0 Å². The molecule has 0 aromatic carbocycles. The van der Waals surface area contributed by atoms with Crippen LogP contribution in [-0.2, 0) is 18.9 Å². The van der Waals surface area contributed by atoms with E-state index in [0.717, 1.165) is 0 Å². The Hall–Kier alpha value is -0.240. The Labute approximate surface area is 81.3 Å². The number of hydrogen-bond donors (Lipinski definition) is 2. The summed E-state index contributed by atoms with van der Waals surface area (Å²) in [5.41, 5.74) is 0. The second-order valence-corrected chi connectivity index (χ2v) is 3.27. The van der Waals surface area contributed by atoms with E-state index in [0.29, 0.717) is 0 Å². The van der Waals surface area contributed by atoms with Crippen molar-refractivity contribution in [3.63, 3.8) is 0 Å². The highest BCUT2D eigenvalue weighted by molar-refractivity contribution is 4.88. The zero-order chi connectivity index (χ0) is 9.97. The van der Waals surface area contributed by atoms with Gasteiger partial charge in [-0.3, -0.25) is 0 Å². The summed E-state index contributed by atoms with van der Waals surface area (Å²) in [5, 5.41) is 18.1. The molecule has 2 saturated heterocycles. The molecule has 2 N–H and O–H groups in total. The fraction of sp³-hybridized carbons (Fsp3) is 1.00. The molecule has 0 saturated carbocycles. The number of hydrogen-bond acceptors (Lipinski definition) is 6. The SMILES string of the molecule is OC[C@@H]1OCO[C@H]2[C@H]1OCO[C@H]2CO. The Morgan fingerprint density at radius 2 is 1.21 bits per heavy atom. The molecule has 0 aromatic rings. The van der Waals surface area contributed by atoms with Crippen LogP contribution in [0.2, 0.25) is 0 Å². The summed E-state index contributed by atoms with van der Waals surface area (Å²) in [7, 11) is 0.